The fraction of sp³-hybridized carbons (Fsp3) is 0.615. The molecule has 4 amide bonds. The van der Waals surface area contributed by atoms with Crippen LogP contribution in [-0.2, 0) is 24.0 Å². The standard InChI is InChI=1S/C13H23N5O6/c1-6(2)11(15)12(22)17-4-9(20)16-5-10(21)18-7(13(23)24)3-8(14)19/h6-7,11H,3-5,15H2,1-2H3,(H2,14,19)(H,16,20)(H,17,22)(H,18,21)(H,23,24). The molecule has 0 fully saturated rings. The molecular weight excluding hydrogens is 322 g/mol. The molecule has 2 atom stereocenters. The molecule has 0 aliphatic rings. The lowest BCUT2D eigenvalue weighted by Crippen LogP contribution is -2.50. The smallest absolute Gasteiger partial charge is 0.326 e. The first-order valence-electron chi connectivity index (χ1n) is 7.15. The number of carboxylic acid groups (broad SMARTS) is 1. The number of hydrogen-bond acceptors (Lipinski definition) is 6. The van der Waals surface area contributed by atoms with Crippen molar-refractivity contribution in [3.05, 3.63) is 0 Å². The maximum atomic E-state index is 11.5. The van der Waals surface area contributed by atoms with Gasteiger partial charge in [0.05, 0.1) is 25.6 Å². The number of carbonyl (C=O) groups excluding carboxylic acids is 4. The second-order valence-corrected chi connectivity index (χ2v) is 5.39. The Labute approximate surface area is 138 Å². The summed E-state index contributed by atoms with van der Waals surface area (Å²) in [5.41, 5.74) is 10.5. The number of aliphatic carboxylic acids is 1. The zero-order valence-corrected chi connectivity index (χ0v) is 13.5. The van der Waals surface area contributed by atoms with Gasteiger partial charge in [0.25, 0.3) is 0 Å². The molecule has 24 heavy (non-hydrogen) atoms. The van der Waals surface area contributed by atoms with Crippen LogP contribution in [0.2, 0.25) is 0 Å². The molecule has 11 heteroatoms. The van der Waals surface area contributed by atoms with E-state index in [1.807, 2.05) is 5.32 Å². The van der Waals surface area contributed by atoms with Crippen LogP contribution in [0.4, 0.5) is 0 Å². The maximum absolute atomic E-state index is 11.5. The average Bonchev–Trinajstić information content (AvgIpc) is 2.48. The maximum Gasteiger partial charge on any atom is 0.326 e. The largest absolute Gasteiger partial charge is 0.480 e. The number of carboxylic acids is 1. The molecule has 136 valence electrons. The Morgan fingerprint density at radius 3 is 2.00 bits per heavy atom. The molecule has 8 N–H and O–H groups in total. The molecule has 0 saturated carbocycles. The number of nitrogens with two attached hydrogens (primary N) is 2. The van der Waals surface area contributed by atoms with E-state index in [-0.39, 0.29) is 12.5 Å². The fourth-order valence-electron chi connectivity index (χ4n) is 1.48. The summed E-state index contributed by atoms with van der Waals surface area (Å²) in [6.07, 6.45) is -0.571. The van der Waals surface area contributed by atoms with Gasteiger partial charge in [-0.1, -0.05) is 13.8 Å². The van der Waals surface area contributed by atoms with Gasteiger partial charge in [-0.25, -0.2) is 4.79 Å². The van der Waals surface area contributed by atoms with Gasteiger partial charge in [-0.3, -0.25) is 19.2 Å². The molecule has 0 aromatic heterocycles. The highest BCUT2D eigenvalue weighted by molar-refractivity contribution is 5.91. The zero-order chi connectivity index (χ0) is 18.9. The summed E-state index contributed by atoms with van der Waals surface area (Å²) in [5, 5.41) is 15.4. The minimum absolute atomic E-state index is 0.1000. The number of rotatable bonds is 10. The van der Waals surface area contributed by atoms with Crippen LogP contribution >= 0.6 is 0 Å². The highest BCUT2D eigenvalue weighted by Crippen LogP contribution is 1.97. The summed E-state index contributed by atoms with van der Waals surface area (Å²) in [5.74, 6) is -4.40. The monoisotopic (exact) mass is 345 g/mol. The van der Waals surface area contributed by atoms with Gasteiger partial charge in [0.15, 0.2) is 0 Å². The summed E-state index contributed by atoms with van der Waals surface area (Å²) in [6.45, 7) is 2.60. The lowest BCUT2D eigenvalue weighted by molar-refractivity contribution is -0.143. The van der Waals surface area contributed by atoms with Crippen LogP contribution < -0.4 is 27.4 Å². The molecule has 0 spiro atoms. The van der Waals surface area contributed by atoms with Crippen molar-refractivity contribution in [2.75, 3.05) is 13.1 Å². The van der Waals surface area contributed by atoms with Gasteiger partial charge >= 0.3 is 5.97 Å². The van der Waals surface area contributed by atoms with Gasteiger partial charge < -0.3 is 32.5 Å². The fourth-order valence-corrected chi connectivity index (χ4v) is 1.48. The number of carbonyl (C=O) groups is 5. The molecule has 0 saturated heterocycles. The van der Waals surface area contributed by atoms with E-state index >= 15 is 0 Å². The quantitative estimate of drug-likeness (QED) is 0.238. The predicted molar refractivity (Wildman–Crippen MR) is 82.2 cm³/mol. The summed E-state index contributed by atoms with van der Waals surface area (Å²) in [4.78, 5) is 56.1. The first kappa shape index (κ1) is 21.3. The van der Waals surface area contributed by atoms with Crippen LogP contribution in [0, 0.1) is 5.92 Å². The Morgan fingerprint density at radius 1 is 1.00 bits per heavy atom. The SMILES string of the molecule is CC(C)C(N)C(=O)NCC(=O)NCC(=O)NC(CC(N)=O)C(=O)O. The first-order chi connectivity index (χ1) is 11.0. The van der Waals surface area contributed by atoms with Crippen molar-refractivity contribution < 1.29 is 29.1 Å². The number of hydrogen-bond donors (Lipinski definition) is 6. The zero-order valence-electron chi connectivity index (χ0n) is 13.5. The molecule has 0 aromatic carbocycles. The van der Waals surface area contributed by atoms with E-state index in [0.29, 0.717) is 0 Å². The van der Waals surface area contributed by atoms with Gasteiger partial charge in [0.1, 0.15) is 6.04 Å². The van der Waals surface area contributed by atoms with Crippen LogP contribution in [0.1, 0.15) is 20.3 Å². The summed E-state index contributed by atoms with van der Waals surface area (Å²) >= 11 is 0. The number of nitrogens with one attached hydrogen (secondary N) is 3. The molecule has 0 radical (unpaired) electrons. The molecule has 0 aliphatic carbocycles. The Kier molecular flexibility index (Phi) is 9.02. The minimum Gasteiger partial charge on any atom is -0.480 e. The minimum atomic E-state index is -1.48. The molecule has 0 aliphatic heterocycles. The van der Waals surface area contributed by atoms with Gasteiger partial charge in [0, 0.05) is 0 Å². The number of primary amides is 1. The lowest BCUT2D eigenvalue weighted by Gasteiger charge is -2.15. The third kappa shape index (κ3) is 8.68. The second-order valence-electron chi connectivity index (χ2n) is 5.39. The third-order valence-corrected chi connectivity index (χ3v) is 2.93. The van der Waals surface area contributed by atoms with Crippen LogP contribution in [0.3, 0.4) is 0 Å². The van der Waals surface area contributed by atoms with Gasteiger partial charge in [0.2, 0.25) is 23.6 Å². The van der Waals surface area contributed by atoms with Gasteiger partial charge in [-0.15, -0.1) is 0 Å². The molecule has 0 bridgehead atoms. The molecule has 11 nitrogen and oxygen atoms in total. The van der Waals surface area contributed by atoms with E-state index in [1.54, 1.807) is 13.8 Å². The van der Waals surface area contributed by atoms with Crippen molar-refractivity contribution in [1.82, 2.24) is 16.0 Å². The highest BCUT2D eigenvalue weighted by atomic mass is 16.4. The van der Waals surface area contributed by atoms with Crippen molar-refractivity contribution in [2.45, 2.75) is 32.4 Å². The molecule has 0 aromatic rings. The van der Waals surface area contributed by atoms with Crippen LogP contribution in [0.15, 0.2) is 0 Å². The molecule has 0 rings (SSSR count). The van der Waals surface area contributed by atoms with Crippen molar-refractivity contribution in [3.8, 4) is 0 Å². The van der Waals surface area contributed by atoms with E-state index < -0.39 is 54.6 Å². The van der Waals surface area contributed by atoms with Crippen molar-refractivity contribution in [1.29, 1.82) is 0 Å². The molecular formula is C13H23N5O6. The first-order valence-corrected chi connectivity index (χ1v) is 7.15. The Morgan fingerprint density at radius 2 is 1.54 bits per heavy atom. The summed E-state index contributed by atoms with van der Waals surface area (Å²) < 4.78 is 0. The van der Waals surface area contributed by atoms with E-state index in [0.717, 1.165) is 0 Å². The van der Waals surface area contributed by atoms with Crippen molar-refractivity contribution in [3.63, 3.8) is 0 Å². The Balaban J connectivity index is 4.21. The van der Waals surface area contributed by atoms with Crippen molar-refractivity contribution >= 4 is 29.6 Å². The average molecular weight is 345 g/mol. The molecule has 0 heterocycles. The summed E-state index contributed by atoms with van der Waals surface area (Å²) in [6, 6.07) is -2.23. The highest BCUT2D eigenvalue weighted by Gasteiger charge is 2.22. The third-order valence-electron chi connectivity index (χ3n) is 2.93. The van der Waals surface area contributed by atoms with Crippen LogP contribution in [0.5, 0.6) is 0 Å². The van der Waals surface area contributed by atoms with Crippen LogP contribution in [0.25, 0.3) is 0 Å². The Bertz CT molecular complexity index is 507. The van der Waals surface area contributed by atoms with E-state index in [9.17, 15) is 24.0 Å². The normalized spacial score (nSPS) is 12.8. The van der Waals surface area contributed by atoms with E-state index in [2.05, 4.69) is 10.6 Å². The van der Waals surface area contributed by atoms with Crippen LogP contribution in [-0.4, -0.2) is 59.9 Å². The van der Waals surface area contributed by atoms with Gasteiger partial charge in [-0.05, 0) is 5.92 Å². The lowest BCUT2D eigenvalue weighted by atomic mass is 10.1. The summed E-state index contributed by atoms with van der Waals surface area (Å²) in [7, 11) is 0. The van der Waals surface area contributed by atoms with Crippen molar-refractivity contribution in [2.24, 2.45) is 17.4 Å². The topological polar surface area (TPSA) is 194 Å². The second kappa shape index (κ2) is 10.2. The van der Waals surface area contributed by atoms with Gasteiger partial charge in [-0.2, -0.15) is 0 Å². The van der Waals surface area contributed by atoms with E-state index in [4.69, 9.17) is 16.6 Å². The van der Waals surface area contributed by atoms with E-state index in [1.165, 1.54) is 0 Å². The number of amides is 4. The Hall–Kier alpha value is -2.69. The predicted octanol–water partition coefficient (Wildman–Crippen LogP) is -3.35. The molecule has 2 unspecified atom stereocenters.